The molecule has 2 rings (SSSR count). The molecular weight excluding hydrogens is 314 g/mol. The van der Waals surface area contributed by atoms with E-state index < -0.39 is 0 Å². The van der Waals surface area contributed by atoms with Crippen molar-refractivity contribution in [2.45, 2.75) is 32.8 Å². The average molecular weight is 334 g/mol. The Morgan fingerprint density at radius 2 is 1.70 bits per heavy atom. The molecule has 3 heteroatoms. The number of hydrogen-bond donors (Lipinski definition) is 1. The third-order valence-corrected chi connectivity index (χ3v) is 4.00. The highest BCUT2D eigenvalue weighted by atomic mass is 79.9. The molecule has 0 bridgehead atoms. The molecule has 2 aromatic carbocycles. The number of ether oxygens (including phenoxy) is 1. The van der Waals surface area contributed by atoms with Crippen molar-refractivity contribution in [3.8, 4) is 5.75 Å². The van der Waals surface area contributed by atoms with Crippen LogP contribution in [0, 0.1) is 0 Å². The van der Waals surface area contributed by atoms with Gasteiger partial charge in [0, 0.05) is 15.7 Å². The number of benzene rings is 2. The second-order valence-corrected chi connectivity index (χ2v) is 6.73. The standard InChI is InChI=1S/C17H20BrNO/c1-17(2,3)12-7-9-13(10-8-12)20-11-14-15(18)5-4-6-16(14)19/h4-10H,11,19H2,1-3H3. The minimum Gasteiger partial charge on any atom is -0.489 e. The van der Waals surface area contributed by atoms with Crippen LogP contribution >= 0.6 is 15.9 Å². The predicted molar refractivity (Wildman–Crippen MR) is 88.0 cm³/mol. The molecule has 2 nitrogen and oxygen atoms in total. The fraction of sp³-hybridized carbons (Fsp3) is 0.294. The van der Waals surface area contributed by atoms with Gasteiger partial charge in [0.2, 0.25) is 0 Å². The summed E-state index contributed by atoms with van der Waals surface area (Å²) in [5.41, 5.74) is 9.13. The molecule has 0 atom stereocenters. The number of nitrogen functional groups attached to an aromatic ring is 1. The van der Waals surface area contributed by atoms with E-state index in [0.29, 0.717) is 6.61 Å². The zero-order valence-corrected chi connectivity index (χ0v) is 13.7. The largest absolute Gasteiger partial charge is 0.489 e. The molecule has 0 aliphatic rings. The molecule has 0 spiro atoms. The van der Waals surface area contributed by atoms with Crippen LogP contribution in [-0.2, 0) is 12.0 Å². The molecule has 0 aliphatic carbocycles. The molecule has 2 aromatic rings. The molecule has 0 saturated heterocycles. The highest BCUT2D eigenvalue weighted by Gasteiger charge is 2.13. The van der Waals surface area contributed by atoms with Crippen molar-refractivity contribution in [2.75, 3.05) is 5.73 Å². The van der Waals surface area contributed by atoms with Gasteiger partial charge in [-0.1, -0.05) is 54.9 Å². The lowest BCUT2D eigenvalue weighted by Gasteiger charge is -2.19. The lowest BCUT2D eigenvalue weighted by molar-refractivity contribution is 0.306. The Morgan fingerprint density at radius 1 is 1.05 bits per heavy atom. The first kappa shape index (κ1) is 14.9. The van der Waals surface area contributed by atoms with Gasteiger partial charge >= 0.3 is 0 Å². The van der Waals surface area contributed by atoms with Gasteiger partial charge in [0.05, 0.1) is 0 Å². The van der Waals surface area contributed by atoms with E-state index >= 15 is 0 Å². The summed E-state index contributed by atoms with van der Waals surface area (Å²) in [5, 5.41) is 0. The van der Waals surface area contributed by atoms with E-state index in [4.69, 9.17) is 10.5 Å². The van der Waals surface area contributed by atoms with Crippen molar-refractivity contribution in [1.29, 1.82) is 0 Å². The number of anilines is 1. The van der Waals surface area contributed by atoms with Crippen molar-refractivity contribution in [1.82, 2.24) is 0 Å². The van der Waals surface area contributed by atoms with Crippen LogP contribution < -0.4 is 10.5 Å². The van der Waals surface area contributed by atoms with Crippen LogP contribution in [0.15, 0.2) is 46.9 Å². The quantitative estimate of drug-likeness (QED) is 0.810. The topological polar surface area (TPSA) is 35.2 Å². The van der Waals surface area contributed by atoms with Crippen molar-refractivity contribution in [3.63, 3.8) is 0 Å². The summed E-state index contributed by atoms with van der Waals surface area (Å²) in [4.78, 5) is 0. The van der Waals surface area contributed by atoms with Crippen molar-refractivity contribution in [3.05, 3.63) is 58.1 Å². The Hall–Kier alpha value is -1.48. The van der Waals surface area contributed by atoms with Gasteiger partial charge in [-0.2, -0.15) is 0 Å². The number of halogens is 1. The van der Waals surface area contributed by atoms with E-state index in [1.54, 1.807) is 0 Å². The summed E-state index contributed by atoms with van der Waals surface area (Å²) in [6.07, 6.45) is 0. The van der Waals surface area contributed by atoms with Crippen molar-refractivity contribution >= 4 is 21.6 Å². The maximum absolute atomic E-state index is 5.96. The second kappa shape index (κ2) is 5.88. The zero-order chi connectivity index (χ0) is 14.8. The normalized spacial score (nSPS) is 11.4. The highest BCUT2D eigenvalue weighted by Crippen LogP contribution is 2.27. The van der Waals surface area contributed by atoms with Gasteiger partial charge in [-0.3, -0.25) is 0 Å². The number of rotatable bonds is 3. The number of hydrogen-bond acceptors (Lipinski definition) is 2. The van der Waals surface area contributed by atoms with E-state index in [9.17, 15) is 0 Å². The van der Waals surface area contributed by atoms with Crippen molar-refractivity contribution in [2.24, 2.45) is 0 Å². The maximum Gasteiger partial charge on any atom is 0.119 e. The SMILES string of the molecule is CC(C)(C)c1ccc(OCc2c(N)cccc2Br)cc1. The van der Waals surface area contributed by atoms with Crippen LogP contribution in [0.5, 0.6) is 5.75 Å². The van der Waals surface area contributed by atoms with E-state index in [2.05, 4.69) is 48.8 Å². The lowest BCUT2D eigenvalue weighted by atomic mass is 9.87. The maximum atomic E-state index is 5.96. The summed E-state index contributed by atoms with van der Waals surface area (Å²) >= 11 is 3.50. The Kier molecular flexibility index (Phi) is 4.39. The molecule has 106 valence electrons. The van der Waals surface area contributed by atoms with Gasteiger partial charge in [0.1, 0.15) is 12.4 Å². The van der Waals surface area contributed by atoms with Gasteiger partial charge in [0.15, 0.2) is 0 Å². The first-order chi connectivity index (χ1) is 9.38. The molecule has 0 aliphatic heterocycles. The molecular formula is C17H20BrNO. The fourth-order valence-corrected chi connectivity index (χ4v) is 2.43. The smallest absolute Gasteiger partial charge is 0.119 e. The van der Waals surface area contributed by atoms with Crippen LogP contribution in [0.25, 0.3) is 0 Å². The Labute approximate surface area is 129 Å². The van der Waals surface area contributed by atoms with E-state index in [0.717, 1.165) is 21.5 Å². The summed E-state index contributed by atoms with van der Waals surface area (Å²) in [6, 6.07) is 14.0. The molecule has 0 amide bonds. The summed E-state index contributed by atoms with van der Waals surface area (Å²) in [5.74, 6) is 0.855. The lowest BCUT2D eigenvalue weighted by Crippen LogP contribution is -2.10. The van der Waals surface area contributed by atoms with Crippen LogP contribution in [-0.4, -0.2) is 0 Å². The highest BCUT2D eigenvalue weighted by molar-refractivity contribution is 9.10. The molecule has 0 aromatic heterocycles. The monoisotopic (exact) mass is 333 g/mol. The van der Waals surface area contributed by atoms with Crippen LogP contribution in [0.3, 0.4) is 0 Å². The first-order valence-electron chi connectivity index (χ1n) is 6.64. The van der Waals surface area contributed by atoms with Crippen LogP contribution in [0.1, 0.15) is 31.9 Å². The van der Waals surface area contributed by atoms with Gasteiger partial charge in [0.25, 0.3) is 0 Å². The predicted octanol–water partition coefficient (Wildman–Crippen LogP) is 4.91. The van der Waals surface area contributed by atoms with Gasteiger partial charge in [-0.25, -0.2) is 0 Å². The molecule has 0 saturated carbocycles. The minimum absolute atomic E-state index is 0.158. The summed E-state index contributed by atoms with van der Waals surface area (Å²) < 4.78 is 6.79. The third kappa shape index (κ3) is 3.54. The Morgan fingerprint density at radius 3 is 2.25 bits per heavy atom. The molecule has 20 heavy (non-hydrogen) atoms. The van der Waals surface area contributed by atoms with Gasteiger partial charge in [-0.05, 0) is 35.2 Å². The average Bonchev–Trinajstić information content (AvgIpc) is 2.37. The Bertz CT molecular complexity index is 565. The van der Waals surface area contributed by atoms with Crippen LogP contribution in [0.2, 0.25) is 0 Å². The molecule has 2 N–H and O–H groups in total. The summed E-state index contributed by atoms with van der Waals surface area (Å²) in [6.45, 7) is 7.06. The van der Waals surface area contributed by atoms with E-state index in [1.807, 2.05) is 30.3 Å². The van der Waals surface area contributed by atoms with Crippen LogP contribution in [0.4, 0.5) is 5.69 Å². The first-order valence-corrected chi connectivity index (χ1v) is 7.43. The third-order valence-electron chi connectivity index (χ3n) is 3.26. The number of nitrogens with two attached hydrogens (primary N) is 1. The van der Waals surface area contributed by atoms with E-state index in [-0.39, 0.29) is 5.41 Å². The minimum atomic E-state index is 0.158. The second-order valence-electron chi connectivity index (χ2n) is 5.87. The molecule has 0 radical (unpaired) electrons. The fourth-order valence-electron chi connectivity index (χ4n) is 1.93. The molecule has 0 unspecified atom stereocenters. The van der Waals surface area contributed by atoms with Crippen molar-refractivity contribution < 1.29 is 4.74 Å². The summed E-state index contributed by atoms with van der Waals surface area (Å²) in [7, 11) is 0. The zero-order valence-electron chi connectivity index (χ0n) is 12.1. The van der Waals surface area contributed by atoms with Gasteiger partial charge in [-0.15, -0.1) is 0 Å². The van der Waals surface area contributed by atoms with Gasteiger partial charge < -0.3 is 10.5 Å². The molecule has 0 heterocycles. The molecule has 0 fully saturated rings. The van der Waals surface area contributed by atoms with E-state index in [1.165, 1.54) is 5.56 Å². The Balaban J connectivity index is 2.08.